The van der Waals surface area contributed by atoms with Crippen molar-refractivity contribution in [3.63, 3.8) is 0 Å². The van der Waals surface area contributed by atoms with Crippen LogP contribution in [-0.4, -0.2) is 57.4 Å². The van der Waals surface area contributed by atoms with Gasteiger partial charge in [-0.15, -0.1) is 0 Å². The van der Waals surface area contributed by atoms with Crippen molar-refractivity contribution in [3.8, 4) is 5.75 Å². The van der Waals surface area contributed by atoms with E-state index in [1.807, 2.05) is 24.3 Å². The predicted molar refractivity (Wildman–Crippen MR) is 82.7 cm³/mol. The summed E-state index contributed by atoms with van der Waals surface area (Å²) in [5, 5.41) is 0. The van der Waals surface area contributed by atoms with E-state index in [1.165, 1.54) is 0 Å². The van der Waals surface area contributed by atoms with Crippen LogP contribution in [0, 0.1) is 0 Å². The van der Waals surface area contributed by atoms with Gasteiger partial charge in [-0.3, -0.25) is 14.5 Å². The lowest BCUT2D eigenvalue weighted by Crippen LogP contribution is -2.39. The molecule has 0 bridgehead atoms. The van der Waals surface area contributed by atoms with E-state index in [0.717, 1.165) is 44.2 Å². The molecular formula is C16H24N2O4. The van der Waals surface area contributed by atoms with E-state index in [2.05, 4.69) is 10.4 Å². The molecule has 22 heavy (non-hydrogen) atoms. The Morgan fingerprint density at radius 3 is 2.95 bits per heavy atom. The monoisotopic (exact) mass is 308 g/mol. The number of rotatable bonds is 8. The van der Waals surface area contributed by atoms with Crippen LogP contribution in [0.4, 0.5) is 0 Å². The maximum absolute atomic E-state index is 11.7. The van der Waals surface area contributed by atoms with Gasteiger partial charge in [0.25, 0.3) is 0 Å². The molecule has 0 spiro atoms. The number of carbonyl (C=O) groups is 1. The third kappa shape index (κ3) is 6.01. The second kappa shape index (κ2) is 9.40. The Morgan fingerprint density at radius 1 is 1.36 bits per heavy atom. The molecule has 2 rings (SSSR count). The molecule has 0 atom stereocenters. The molecule has 1 aliphatic heterocycles. The highest BCUT2D eigenvalue weighted by atomic mass is 16.7. The molecule has 1 aliphatic rings. The minimum atomic E-state index is -0.107. The van der Waals surface area contributed by atoms with Gasteiger partial charge in [0, 0.05) is 26.1 Å². The normalized spacial score (nSPS) is 15.5. The van der Waals surface area contributed by atoms with Gasteiger partial charge in [0.2, 0.25) is 5.91 Å². The molecule has 1 amide bonds. The fraction of sp³-hybridized carbons (Fsp3) is 0.562. The molecule has 122 valence electrons. The molecule has 1 N–H and O–H groups in total. The Balaban J connectivity index is 1.57. The number of aryl methyl sites for hydroxylation is 1. The lowest BCUT2D eigenvalue weighted by Gasteiger charge is -2.26. The Kier molecular flexibility index (Phi) is 7.15. The number of hydroxylamine groups is 1. The molecule has 6 nitrogen and oxygen atoms in total. The average Bonchev–Trinajstić information content (AvgIpc) is 2.58. The molecule has 0 aliphatic carbocycles. The summed E-state index contributed by atoms with van der Waals surface area (Å²) in [6.45, 7) is 4.69. The summed E-state index contributed by atoms with van der Waals surface area (Å²) in [6.07, 6.45) is 1.06. The van der Waals surface area contributed by atoms with E-state index in [0.29, 0.717) is 19.4 Å². The van der Waals surface area contributed by atoms with Crippen LogP contribution in [-0.2, 0) is 20.8 Å². The molecule has 1 saturated heterocycles. The molecule has 1 fully saturated rings. The summed E-state index contributed by atoms with van der Waals surface area (Å²) in [5.74, 6) is 0.699. The van der Waals surface area contributed by atoms with Crippen molar-refractivity contribution < 1.29 is 19.1 Å². The van der Waals surface area contributed by atoms with Crippen molar-refractivity contribution in [1.29, 1.82) is 0 Å². The second-order valence-electron chi connectivity index (χ2n) is 5.18. The fourth-order valence-electron chi connectivity index (χ4n) is 2.27. The minimum absolute atomic E-state index is 0.107. The number of amides is 1. The van der Waals surface area contributed by atoms with E-state index in [9.17, 15) is 4.79 Å². The van der Waals surface area contributed by atoms with Crippen molar-refractivity contribution >= 4 is 5.91 Å². The van der Waals surface area contributed by atoms with Crippen molar-refractivity contribution in [3.05, 3.63) is 29.8 Å². The summed E-state index contributed by atoms with van der Waals surface area (Å²) in [4.78, 5) is 19.2. The first kappa shape index (κ1) is 16.7. The van der Waals surface area contributed by atoms with E-state index in [1.54, 1.807) is 7.11 Å². The summed E-state index contributed by atoms with van der Waals surface area (Å²) < 4.78 is 10.4. The van der Waals surface area contributed by atoms with Crippen LogP contribution in [0.25, 0.3) is 0 Å². The molecule has 0 unspecified atom stereocenters. The van der Waals surface area contributed by atoms with E-state index in [-0.39, 0.29) is 5.91 Å². The third-order valence-corrected chi connectivity index (χ3v) is 3.57. The zero-order valence-corrected chi connectivity index (χ0v) is 13.0. The Hall–Kier alpha value is -1.63. The van der Waals surface area contributed by atoms with E-state index >= 15 is 0 Å². The van der Waals surface area contributed by atoms with Crippen LogP contribution in [0.15, 0.2) is 24.3 Å². The van der Waals surface area contributed by atoms with Gasteiger partial charge in [0.05, 0.1) is 26.9 Å². The highest BCUT2D eigenvalue weighted by Crippen LogP contribution is 2.13. The third-order valence-electron chi connectivity index (χ3n) is 3.57. The molecular weight excluding hydrogens is 284 g/mol. The number of carbonyl (C=O) groups excluding carboxylic acids is 1. The maximum Gasteiger partial charge on any atom is 0.243 e. The summed E-state index contributed by atoms with van der Waals surface area (Å²) in [7, 11) is 1.63. The van der Waals surface area contributed by atoms with E-state index in [4.69, 9.17) is 14.3 Å². The predicted octanol–water partition coefficient (Wildman–Crippen LogP) is 1.01. The number of nitrogens with one attached hydrogen (secondary N) is 1. The van der Waals surface area contributed by atoms with Gasteiger partial charge < -0.3 is 9.47 Å². The average molecular weight is 308 g/mol. The zero-order valence-electron chi connectivity index (χ0n) is 13.0. The number of ether oxygens (including phenoxy) is 2. The quantitative estimate of drug-likeness (QED) is 0.574. The minimum Gasteiger partial charge on any atom is -0.497 e. The lowest BCUT2D eigenvalue weighted by atomic mass is 10.1. The number of hydrogen-bond donors (Lipinski definition) is 1. The van der Waals surface area contributed by atoms with Gasteiger partial charge in [-0.1, -0.05) is 12.1 Å². The van der Waals surface area contributed by atoms with Gasteiger partial charge >= 0.3 is 0 Å². The summed E-state index contributed by atoms with van der Waals surface area (Å²) in [6, 6.07) is 7.73. The molecule has 1 aromatic carbocycles. The van der Waals surface area contributed by atoms with Crippen LogP contribution in [0.2, 0.25) is 0 Å². The molecule has 6 heteroatoms. The molecule has 1 aromatic rings. The van der Waals surface area contributed by atoms with Crippen LogP contribution >= 0.6 is 0 Å². The summed E-state index contributed by atoms with van der Waals surface area (Å²) >= 11 is 0. The Bertz CT molecular complexity index is 461. The second-order valence-corrected chi connectivity index (χ2v) is 5.18. The van der Waals surface area contributed by atoms with Crippen molar-refractivity contribution in [2.45, 2.75) is 12.8 Å². The summed E-state index contributed by atoms with van der Waals surface area (Å²) in [5.41, 5.74) is 3.57. The standard InChI is InChI=1S/C16H24N2O4/c1-20-15-4-2-3-14(13-15)5-6-16(19)17-22-12-9-18-7-10-21-11-8-18/h2-4,13H,5-12H2,1H3,(H,17,19). The van der Waals surface area contributed by atoms with Crippen molar-refractivity contribution in [2.75, 3.05) is 46.6 Å². The number of morpholine rings is 1. The molecule has 0 radical (unpaired) electrons. The smallest absolute Gasteiger partial charge is 0.243 e. The highest BCUT2D eigenvalue weighted by Gasteiger charge is 2.10. The Morgan fingerprint density at radius 2 is 2.18 bits per heavy atom. The van der Waals surface area contributed by atoms with Gasteiger partial charge in [0.15, 0.2) is 0 Å². The van der Waals surface area contributed by atoms with Crippen LogP contribution in [0.1, 0.15) is 12.0 Å². The van der Waals surface area contributed by atoms with Crippen molar-refractivity contribution in [1.82, 2.24) is 10.4 Å². The lowest BCUT2D eigenvalue weighted by molar-refractivity contribution is -0.134. The van der Waals surface area contributed by atoms with Gasteiger partial charge in [-0.05, 0) is 24.1 Å². The van der Waals surface area contributed by atoms with E-state index < -0.39 is 0 Å². The first-order chi connectivity index (χ1) is 10.8. The molecule has 0 aromatic heterocycles. The molecule has 1 heterocycles. The largest absolute Gasteiger partial charge is 0.497 e. The SMILES string of the molecule is COc1cccc(CCC(=O)NOCCN2CCOCC2)c1. The van der Waals surface area contributed by atoms with Gasteiger partial charge in [-0.25, -0.2) is 5.48 Å². The topological polar surface area (TPSA) is 60.0 Å². The van der Waals surface area contributed by atoms with Crippen LogP contribution in [0.5, 0.6) is 5.75 Å². The maximum atomic E-state index is 11.7. The van der Waals surface area contributed by atoms with Gasteiger partial charge in [-0.2, -0.15) is 0 Å². The zero-order chi connectivity index (χ0) is 15.6. The highest BCUT2D eigenvalue weighted by molar-refractivity contribution is 5.75. The van der Waals surface area contributed by atoms with Gasteiger partial charge in [0.1, 0.15) is 5.75 Å². The number of benzene rings is 1. The van der Waals surface area contributed by atoms with Crippen LogP contribution in [0.3, 0.4) is 0 Å². The first-order valence-electron chi connectivity index (χ1n) is 7.61. The number of methoxy groups -OCH3 is 1. The van der Waals surface area contributed by atoms with Crippen LogP contribution < -0.4 is 10.2 Å². The van der Waals surface area contributed by atoms with Crippen molar-refractivity contribution in [2.24, 2.45) is 0 Å². The number of hydrogen-bond acceptors (Lipinski definition) is 5. The Labute approximate surface area is 131 Å². The number of nitrogens with zero attached hydrogens (tertiary/aromatic N) is 1. The molecule has 0 saturated carbocycles. The first-order valence-corrected chi connectivity index (χ1v) is 7.61. The fourth-order valence-corrected chi connectivity index (χ4v) is 2.27.